The molecule has 100 valence electrons. The van der Waals surface area contributed by atoms with E-state index in [4.69, 9.17) is 23.2 Å². The van der Waals surface area contributed by atoms with Crippen molar-refractivity contribution in [1.82, 2.24) is 0 Å². The number of aliphatic hydroxyl groups excluding tert-OH is 1. The van der Waals surface area contributed by atoms with E-state index in [0.717, 1.165) is 21.2 Å². The fourth-order valence-electron chi connectivity index (χ4n) is 1.87. The van der Waals surface area contributed by atoms with Crippen molar-refractivity contribution in [3.05, 3.63) is 67.1 Å². The number of hydrogen-bond donors (Lipinski definition) is 1. The fraction of sp³-hybridized carbons (Fsp3) is 0.200. The molecule has 1 nitrogen and oxygen atoms in total. The summed E-state index contributed by atoms with van der Waals surface area (Å²) in [5.41, 5.74) is 3.67. The van der Waals surface area contributed by atoms with E-state index < -0.39 is 6.10 Å². The summed E-state index contributed by atoms with van der Waals surface area (Å²) in [7, 11) is 0. The Kier molecular flexibility index (Phi) is 4.57. The summed E-state index contributed by atoms with van der Waals surface area (Å²) in [4.78, 5) is 0. The van der Waals surface area contributed by atoms with Crippen LogP contribution in [0.15, 0.2) is 34.8 Å². The van der Waals surface area contributed by atoms with Gasteiger partial charge < -0.3 is 5.11 Å². The molecule has 2 aromatic rings. The second kappa shape index (κ2) is 5.84. The number of benzene rings is 2. The van der Waals surface area contributed by atoms with Crippen LogP contribution >= 0.6 is 39.1 Å². The monoisotopic (exact) mass is 358 g/mol. The summed E-state index contributed by atoms with van der Waals surface area (Å²) in [5.74, 6) is 0. The van der Waals surface area contributed by atoms with E-state index in [2.05, 4.69) is 15.9 Å². The summed E-state index contributed by atoms with van der Waals surface area (Å²) in [6.07, 6.45) is -0.764. The number of aliphatic hydroxyl groups is 1. The molecular formula is C15H13BrCl2O. The average Bonchev–Trinajstić information content (AvgIpc) is 2.36. The van der Waals surface area contributed by atoms with Gasteiger partial charge >= 0.3 is 0 Å². The van der Waals surface area contributed by atoms with E-state index in [-0.39, 0.29) is 0 Å². The molecule has 1 N–H and O–H groups in total. The molecule has 0 fully saturated rings. The highest BCUT2D eigenvalue weighted by Gasteiger charge is 2.16. The van der Waals surface area contributed by atoms with Gasteiger partial charge in [-0.1, -0.05) is 35.3 Å². The molecule has 0 amide bonds. The Balaban J connectivity index is 2.46. The number of aryl methyl sites for hydroxylation is 2. The Morgan fingerprint density at radius 3 is 2.26 bits per heavy atom. The summed E-state index contributed by atoms with van der Waals surface area (Å²) < 4.78 is 0.755. The smallest absolute Gasteiger partial charge is 0.106 e. The minimum Gasteiger partial charge on any atom is -0.384 e. The second-order valence-corrected chi connectivity index (χ2v) is 6.20. The largest absolute Gasteiger partial charge is 0.384 e. The SMILES string of the molecule is Cc1cc(Cl)c(C(O)c2ccc(Cl)c(Br)c2)cc1C. The lowest BCUT2D eigenvalue weighted by Crippen LogP contribution is -2.02. The van der Waals surface area contributed by atoms with Crippen LogP contribution in [0.3, 0.4) is 0 Å². The fourth-order valence-corrected chi connectivity index (χ4v) is 2.71. The van der Waals surface area contributed by atoms with Gasteiger partial charge in [0.05, 0.1) is 5.02 Å². The molecule has 0 radical (unpaired) electrons. The third-order valence-electron chi connectivity index (χ3n) is 3.17. The van der Waals surface area contributed by atoms with E-state index in [1.54, 1.807) is 18.2 Å². The van der Waals surface area contributed by atoms with Gasteiger partial charge in [0.1, 0.15) is 6.10 Å². The summed E-state index contributed by atoms with van der Waals surface area (Å²) in [6.45, 7) is 4.00. The van der Waals surface area contributed by atoms with Crippen molar-refractivity contribution in [2.24, 2.45) is 0 Å². The molecule has 1 atom stereocenters. The summed E-state index contributed by atoms with van der Waals surface area (Å²) >= 11 is 15.5. The van der Waals surface area contributed by atoms with Crippen LogP contribution in [0.4, 0.5) is 0 Å². The predicted molar refractivity (Wildman–Crippen MR) is 84.1 cm³/mol. The van der Waals surface area contributed by atoms with E-state index in [1.807, 2.05) is 26.0 Å². The molecule has 0 aromatic heterocycles. The van der Waals surface area contributed by atoms with Crippen LogP contribution in [0.1, 0.15) is 28.4 Å². The minimum atomic E-state index is -0.764. The van der Waals surface area contributed by atoms with Gasteiger partial charge in [0.15, 0.2) is 0 Å². The molecule has 0 aliphatic rings. The predicted octanol–water partition coefficient (Wildman–Crippen LogP) is 5.45. The Bertz CT molecular complexity index is 626. The zero-order valence-electron chi connectivity index (χ0n) is 10.5. The van der Waals surface area contributed by atoms with Gasteiger partial charge in [-0.25, -0.2) is 0 Å². The second-order valence-electron chi connectivity index (χ2n) is 4.53. The van der Waals surface area contributed by atoms with Crippen LogP contribution in [0, 0.1) is 13.8 Å². The van der Waals surface area contributed by atoms with Crippen LogP contribution in [0.2, 0.25) is 10.0 Å². The van der Waals surface area contributed by atoms with Crippen LogP contribution in [0.25, 0.3) is 0 Å². The van der Waals surface area contributed by atoms with Gasteiger partial charge in [-0.2, -0.15) is 0 Å². The van der Waals surface area contributed by atoms with Gasteiger partial charge in [0.25, 0.3) is 0 Å². The standard InChI is InChI=1S/C15H13BrCl2O/c1-8-5-11(14(18)6-9(8)2)15(19)10-3-4-13(17)12(16)7-10/h3-7,15,19H,1-2H3. The molecule has 1 unspecified atom stereocenters. The quantitative estimate of drug-likeness (QED) is 0.755. The van der Waals surface area contributed by atoms with E-state index in [1.165, 1.54) is 0 Å². The van der Waals surface area contributed by atoms with Crippen molar-refractivity contribution in [2.75, 3.05) is 0 Å². The molecule has 4 heteroatoms. The lowest BCUT2D eigenvalue weighted by atomic mass is 9.98. The van der Waals surface area contributed by atoms with Crippen molar-refractivity contribution in [3.8, 4) is 0 Å². The number of halogens is 3. The normalized spacial score (nSPS) is 12.5. The first-order chi connectivity index (χ1) is 8.90. The maximum atomic E-state index is 10.5. The van der Waals surface area contributed by atoms with Gasteiger partial charge in [-0.05, 0) is 64.7 Å². The summed E-state index contributed by atoms with van der Waals surface area (Å²) in [5, 5.41) is 11.6. The topological polar surface area (TPSA) is 20.2 Å². The van der Waals surface area contributed by atoms with Crippen LogP contribution in [-0.2, 0) is 0 Å². The molecule has 0 aliphatic heterocycles. The van der Waals surface area contributed by atoms with Gasteiger partial charge in [0, 0.05) is 15.1 Å². The Morgan fingerprint density at radius 1 is 1.00 bits per heavy atom. The third-order valence-corrected chi connectivity index (χ3v) is 4.71. The first-order valence-corrected chi connectivity index (χ1v) is 7.34. The van der Waals surface area contributed by atoms with Crippen molar-refractivity contribution in [2.45, 2.75) is 20.0 Å². The Hall–Kier alpha value is -0.540. The van der Waals surface area contributed by atoms with Crippen LogP contribution in [-0.4, -0.2) is 5.11 Å². The first-order valence-electron chi connectivity index (χ1n) is 5.80. The van der Waals surface area contributed by atoms with Crippen molar-refractivity contribution in [1.29, 1.82) is 0 Å². The molecule has 19 heavy (non-hydrogen) atoms. The molecule has 0 aliphatic carbocycles. The molecular weight excluding hydrogens is 347 g/mol. The average molecular weight is 360 g/mol. The Labute approximate surface area is 131 Å². The summed E-state index contributed by atoms with van der Waals surface area (Å²) in [6, 6.07) is 9.15. The lowest BCUT2D eigenvalue weighted by molar-refractivity contribution is 0.220. The van der Waals surface area contributed by atoms with E-state index in [0.29, 0.717) is 15.6 Å². The van der Waals surface area contributed by atoms with Crippen molar-refractivity contribution < 1.29 is 5.11 Å². The molecule has 0 spiro atoms. The number of rotatable bonds is 2. The van der Waals surface area contributed by atoms with Crippen LogP contribution < -0.4 is 0 Å². The van der Waals surface area contributed by atoms with Gasteiger partial charge in [-0.15, -0.1) is 0 Å². The molecule has 0 saturated carbocycles. The highest BCUT2D eigenvalue weighted by atomic mass is 79.9. The molecule has 2 aromatic carbocycles. The lowest BCUT2D eigenvalue weighted by Gasteiger charge is -2.16. The Morgan fingerprint density at radius 2 is 1.63 bits per heavy atom. The van der Waals surface area contributed by atoms with E-state index >= 15 is 0 Å². The van der Waals surface area contributed by atoms with Crippen molar-refractivity contribution >= 4 is 39.1 Å². The maximum Gasteiger partial charge on any atom is 0.106 e. The minimum absolute atomic E-state index is 0.571. The van der Waals surface area contributed by atoms with E-state index in [9.17, 15) is 5.11 Å². The van der Waals surface area contributed by atoms with Crippen LogP contribution in [0.5, 0.6) is 0 Å². The van der Waals surface area contributed by atoms with Crippen molar-refractivity contribution in [3.63, 3.8) is 0 Å². The molecule has 0 heterocycles. The molecule has 0 saturated heterocycles. The molecule has 0 bridgehead atoms. The molecule has 2 rings (SSSR count). The zero-order chi connectivity index (χ0) is 14.2. The van der Waals surface area contributed by atoms with Gasteiger partial charge in [0.2, 0.25) is 0 Å². The third kappa shape index (κ3) is 3.14. The zero-order valence-corrected chi connectivity index (χ0v) is 13.6. The number of hydrogen-bond acceptors (Lipinski definition) is 1. The first kappa shape index (κ1) is 14.9. The highest BCUT2D eigenvalue weighted by Crippen LogP contribution is 2.33. The maximum absolute atomic E-state index is 10.5. The van der Waals surface area contributed by atoms with Gasteiger partial charge in [-0.3, -0.25) is 0 Å². The highest BCUT2D eigenvalue weighted by molar-refractivity contribution is 9.10.